The summed E-state index contributed by atoms with van der Waals surface area (Å²) in [7, 11) is 2.19. The Morgan fingerprint density at radius 3 is 2.65 bits per heavy atom. The molecular formula is C24H27N2+. The summed E-state index contributed by atoms with van der Waals surface area (Å²) < 4.78 is 2.35. The van der Waals surface area contributed by atoms with Gasteiger partial charge >= 0.3 is 0 Å². The van der Waals surface area contributed by atoms with Crippen molar-refractivity contribution in [2.75, 3.05) is 0 Å². The summed E-state index contributed by atoms with van der Waals surface area (Å²) in [5.41, 5.74) is 11.8. The van der Waals surface area contributed by atoms with Crippen molar-refractivity contribution in [2.45, 2.75) is 40.5 Å². The van der Waals surface area contributed by atoms with Crippen LogP contribution >= 0.6 is 0 Å². The van der Waals surface area contributed by atoms with Crippen molar-refractivity contribution in [3.8, 4) is 22.5 Å². The van der Waals surface area contributed by atoms with E-state index in [9.17, 15) is 0 Å². The Hall–Kier alpha value is -2.48. The van der Waals surface area contributed by atoms with E-state index in [-0.39, 0.29) is 0 Å². The van der Waals surface area contributed by atoms with E-state index < -0.39 is 0 Å². The fraction of sp³-hybridized carbons (Fsp3) is 0.333. The molecule has 2 aromatic carbocycles. The highest BCUT2D eigenvalue weighted by molar-refractivity contribution is 5.73. The lowest BCUT2D eigenvalue weighted by atomic mass is 9.95. The Morgan fingerprint density at radius 1 is 1.08 bits per heavy atom. The van der Waals surface area contributed by atoms with Gasteiger partial charge < -0.3 is 0 Å². The molecule has 26 heavy (non-hydrogen) atoms. The molecule has 132 valence electrons. The number of rotatable bonds is 3. The van der Waals surface area contributed by atoms with E-state index in [1.54, 1.807) is 0 Å². The molecule has 0 bridgehead atoms. The Morgan fingerprint density at radius 2 is 1.88 bits per heavy atom. The zero-order chi connectivity index (χ0) is 18.4. The van der Waals surface area contributed by atoms with E-state index in [2.05, 4.69) is 75.7 Å². The minimum absolute atomic E-state index is 0.664. The van der Waals surface area contributed by atoms with Crippen molar-refractivity contribution in [1.82, 2.24) is 4.98 Å². The van der Waals surface area contributed by atoms with Gasteiger partial charge in [-0.25, -0.2) is 4.98 Å². The first-order valence-electron chi connectivity index (χ1n) is 9.52. The Balaban J connectivity index is 1.84. The summed E-state index contributed by atoms with van der Waals surface area (Å²) in [4.78, 5) is 4.91. The molecule has 0 atom stereocenters. The quantitative estimate of drug-likeness (QED) is 0.480. The van der Waals surface area contributed by atoms with Gasteiger partial charge in [-0.15, -0.1) is 0 Å². The summed E-state index contributed by atoms with van der Waals surface area (Å²) in [6.45, 7) is 8.91. The second-order valence-electron chi connectivity index (χ2n) is 8.03. The minimum atomic E-state index is 0.664. The number of hydrogen-bond acceptors (Lipinski definition) is 1. The van der Waals surface area contributed by atoms with E-state index in [0.29, 0.717) is 5.92 Å². The monoisotopic (exact) mass is 343 g/mol. The van der Waals surface area contributed by atoms with Crippen LogP contribution in [0.4, 0.5) is 0 Å². The Labute approximate surface area is 156 Å². The van der Waals surface area contributed by atoms with Crippen LogP contribution < -0.4 is 4.57 Å². The van der Waals surface area contributed by atoms with Crippen LogP contribution in [-0.2, 0) is 19.9 Å². The number of aromatic nitrogens is 2. The average molecular weight is 343 g/mol. The first-order valence-corrected chi connectivity index (χ1v) is 9.52. The SMILES string of the molecule is Cc1ccc(C)c(-c2cnc3c([n+]2C)Cc2c(CC(C)C)cccc2-3)c1. The second-order valence-corrected chi connectivity index (χ2v) is 8.03. The van der Waals surface area contributed by atoms with Crippen molar-refractivity contribution < 1.29 is 4.57 Å². The highest BCUT2D eigenvalue weighted by atomic mass is 15.0. The van der Waals surface area contributed by atoms with E-state index >= 15 is 0 Å². The zero-order valence-corrected chi connectivity index (χ0v) is 16.4. The Kier molecular flexibility index (Phi) is 4.14. The van der Waals surface area contributed by atoms with Gasteiger partial charge in [0.2, 0.25) is 11.4 Å². The van der Waals surface area contributed by atoms with Crippen LogP contribution in [0.15, 0.2) is 42.6 Å². The topological polar surface area (TPSA) is 16.8 Å². The smallest absolute Gasteiger partial charge is 0.231 e. The maximum atomic E-state index is 4.91. The van der Waals surface area contributed by atoms with Gasteiger partial charge in [0, 0.05) is 5.56 Å². The third kappa shape index (κ3) is 2.74. The van der Waals surface area contributed by atoms with Crippen LogP contribution in [0.5, 0.6) is 0 Å². The van der Waals surface area contributed by atoms with E-state index in [1.165, 1.54) is 44.8 Å². The molecule has 3 aromatic rings. The second kappa shape index (κ2) is 6.35. The maximum Gasteiger partial charge on any atom is 0.231 e. The minimum Gasteiger partial charge on any atom is -0.243 e. The van der Waals surface area contributed by atoms with Crippen LogP contribution in [0.2, 0.25) is 0 Å². The van der Waals surface area contributed by atoms with E-state index in [1.807, 2.05) is 6.20 Å². The highest BCUT2D eigenvalue weighted by Crippen LogP contribution is 2.37. The van der Waals surface area contributed by atoms with Crippen LogP contribution in [-0.4, -0.2) is 4.98 Å². The fourth-order valence-electron chi connectivity index (χ4n) is 4.14. The molecule has 0 fully saturated rings. The maximum absolute atomic E-state index is 4.91. The summed E-state index contributed by atoms with van der Waals surface area (Å²) >= 11 is 0. The van der Waals surface area contributed by atoms with Gasteiger partial charge in [0.25, 0.3) is 0 Å². The highest BCUT2D eigenvalue weighted by Gasteiger charge is 2.31. The van der Waals surface area contributed by atoms with E-state index in [0.717, 1.165) is 18.5 Å². The zero-order valence-electron chi connectivity index (χ0n) is 16.4. The summed E-state index contributed by atoms with van der Waals surface area (Å²) in [5.74, 6) is 0.664. The molecule has 2 nitrogen and oxygen atoms in total. The van der Waals surface area contributed by atoms with Crippen LogP contribution in [0.25, 0.3) is 22.5 Å². The molecule has 0 spiro atoms. The third-order valence-electron chi connectivity index (χ3n) is 5.53. The third-order valence-corrected chi connectivity index (χ3v) is 5.53. The molecule has 1 aliphatic carbocycles. The van der Waals surface area contributed by atoms with Gasteiger partial charge in [0.05, 0.1) is 12.0 Å². The van der Waals surface area contributed by atoms with Crippen LogP contribution in [0.3, 0.4) is 0 Å². The van der Waals surface area contributed by atoms with E-state index in [4.69, 9.17) is 4.98 Å². The first-order chi connectivity index (χ1) is 12.5. The summed E-state index contributed by atoms with van der Waals surface area (Å²) in [5, 5.41) is 0. The molecular weight excluding hydrogens is 316 g/mol. The molecule has 0 aliphatic heterocycles. The van der Waals surface area contributed by atoms with Crippen molar-refractivity contribution in [2.24, 2.45) is 13.0 Å². The molecule has 4 rings (SSSR count). The average Bonchev–Trinajstić information content (AvgIpc) is 2.98. The molecule has 1 aromatic heterocycles. The van der Waals surface area contributed by atoms with Gasteiger partial charge in [0.1, 0.15) is 18.9 Å². The van der Waals surface area contributed by atoms with Crippen LogP contribution in [0.1, 0.15) is 41.8 Å². The number of nitrogens with zero attached hydrogens (tertiary/aromatic N) is 2. The molecule has 0 saturated carbocycles. The van der Waals surface area contributed by atoms with Crippen molar-refractivity contribution in [3.63, 3.8) is 0 Å². The molecule has 1 heterocycles. The molecule has 0 amide bonds. The number of hydrogen-bond donors (Lipinski definition) is 0. The number of aryl methyl sites for hydroxylation is 2. The lowest BCUT2D eigenvalue weighted by Crippen LogP contribution is -2.36. The fourth-order valence-corrected chi connectivity index (χ4v) is 4.14. The van der Waals surface area contributed by atoms with Gasteiger partial charge in [-0.2, -0.15) is 4.57 Å². The van der Waals surface area contributed by atoms with Gasteiger partial charge in [-0.05, 0) is 48.9 Å². The molecule has 0 saturated heterocycles. The normalized spacial score (nSPS) is 12.4. The molecule has 1 aliphatic rings. The van der Waals surface area contributed by atoms with Crippen molar-refractivity contribution in [3.05, 3.63) is 70.5 Å². The van der Waals surface area contributed by atoms with Gasteiger partial charge in [0.15, 0.2) is 0 Å². The number of fused-ring (bicyclic) bond motifs is 3. The standard InChI is InChI=1S/C24H27N2/c1-15(2)11-18-7-6-8-19-21(18)13-22-24(19)25-14-23(26(22)5)20-12-16(3)9-10-17(20)4/h6-10,12,14-15H,11,13H2,1-5H3/q+1. The Bertz CT molecular complexity index is 999. The lowest BCUT2D eigenvalue weighted by molar-refractivity contribution is -0.667. The molecule has 0 unspecified atom stereocenters. The van der Waals surface area contributed by atoms with Crippen molar-refractivity contribution >= 4 is 0 Å². The molecule has 2 heteroatoms. The predicted octanol–water partition coefficient (Wildman–Crippen LogP) is 4.96. The molecule has 0 radical (unpaired) electrons. The van der Waals surface area contributed by atoms with Crippen molar-refractivity contribution in [1.29, 1.82) is 0 Å². The predicted molar refractivity (Wildman–Crippen MR) is 107 cm³/mol. The largest absolute Gasteiger partial charge is 0.243 e. The molecule has 0 N–H and O–H groups in total. The first kappa shape index (κ1) is 17.0. The van der Waals surface area contributed by atoms with Gasteiger partial charge in [-0.1, -0.05) is 49.7 Å². The number of benzene rings is 2. The van der Waals surface area contributed by atoms with Crippen LogP contribution in [0, 0.1) is 19.8 Å². The van der Waals surface area contributed by atoms with Gasteiger partial charge in [-0.3, -0.25) is 0 Å². The lowest BCUT2D eigenvalue weighted by Gasteiger charge is -2.09. The summed E-state index contributed by atoms with van der Waals surface area (Å²) in [6.07, 6.45) is 4.16. The summed E-state index contributed by atoms with van der Waals surface area (Å²) in [6, 6.07) is 13.4.